The van der Waals surface area contributed by atoms with E-state index in [1.165, 1.54) is 31.5 Å². The van der Waals surface area contributed by atoms with Gasteiger partial charge in [0.15, 0.2) is 0 Å². The van der Waals surface area contributed by atoms with Gasteiger partial charge < -0.3 is 5.32 Å². The molecule has 1 fully saturated rings. The highest BCUT2D eigenvalue weighted by Crippen LogP contribution is 2.23. The van der Waals surface area contributed by atoms with Gasteiger partial charge in [-0.3, -0.25) is 4.90 Å². The van der Waals surface area contributed by atoms with Crippen LogP contribution < -0.4 is 5.32 Å². The zero-order valence-corrected chi connectivity index (χ0v) is 12.7. The summed E-state index contributed by atoms with van der Waals surface area (Å²) < 4.78 is 0. The van der Waals surface area contributed by atoms with Gasteiger partial charge in [-0.1, -0.05) is 37.3 Å². The molecule has 0 bridgehead atoms. The van der Waals surface area contributed by atoms with E-state index < -0.39 is 0 Å². The number of rotatable bonds is 4. The van der Waals surface area contributed by atoms with Crippen LogP contribution in [0, 0.1) is 5.92 Å². The quantitative estimate of drug-likeness (QED) is 0.895. The van der Waals surface area contributed by atoms with Crippen molar-refractivity contribution in [2.24, 2.45) is 5.92 Å². The van der Waals surface area contributed by atoms with Gasteiger partial charge >= 0.3 is 0 Å². The van der Waals surface area contributed by atoms with Crippen LogP contribution in [0.3, 0.4) is 0 Å². The standard InChI is InChI=1S/C17H28N2/c1-15-13-18-11-12-19(14-15)17(2,3)10-9-16-7-5-4-6-8-16/h4-8,15,18H,9-14H2,1-3H3. The summed E-state index contributed by atoms with van der Waals surface area (Å²) in [5.74, 6) is 0.749. The molecule has 1 aliphatic heterocycles. The van der Waals surface area contributed by atoms with Crippen molar-refractivity contribution in [2.75, 3.05) is 26.2 Å². The fraction of sp³-hybridized carbons (Fsp3) is 0.647. The Balaban J connectivity index is 1.93. The lowest BCUT2D eigenvalue weighted by Gasteiger charge is -2.39. The fourth-order valence-electron chi connectivity index (χ4n) is 2.90. The minimum absolute atomic E-state index is 0.288. The van der Waals surface area contributed by atoms with Gasteiger partial charge in [-0.25, -0.2) is 0 Å². The van der Waals surface area contributed by atoms with Crippen molar-refractivity contribution in [1.82, 2.24) is 10.2 Å². The van der Waals surface area contributed by atoms with E-state index in [-0.39, 0.29) is 5.54 Å². The predicted octanol–water partition coefficient (Wildman–Crippen LogP) is 2.94. The topological polar surface area (TPSA) is 15.3 Å². The summed E-state index contributed by atoms with van der Waals surface area (Å²) in [4.78, 5) is 2.67. The molecule has 0 amide bonds. The molecule has 1 aliphatic rings. The highest BCUT2D eigenvalue weighted by atomic mass is 15.2. The molecule has 1 aromatic carbocycles. The summed E-state index contributed by atoms with van der Waals surface area (Å²) in [5, 5.41) is 3.53. The molecule has 19 heavy (non-hydrogen) atoms. The van der Waals surface area contributed by atoms with E-state index in [9.17, 15) is 0 Å². The number of hydrogen-bond donors (Lipinski definition) is 1. The Kier molecular flexibility index (Phi) is 5.00. The summed E-state index contributed by atoms with van der Waals surface area (Å²) in [7, 11) is 0. The van der Waals surface area contributed by atoms with E-state index in [0.29, 0.717) is 0 Å². The van der Waals surface area contributed by atoms with Gasteiger partial charge in [0.05, 0.1) is 0 Å². The average Bonchev–Trinajstić information content (AvgIpc) is 2.63. The molecule has 2 nitrogen and oxygen atoms in total. The van der Waals surface area contributed by atoms with Crippen molar-refractivity contribution in [1.29, 1.82) is 0 Å². The van der Waals surface area contributed by atoms with Crippen LogP contribution >= 0.6 is 0 Å². The molecule has 0 spiro atoms. The zero-order chi connectivity index (χ0) is 13.7. The van der Waals surface area contributed by atoms with Crippen LogP contribution in [0.1, 0.15) is 32.8 Å². The number of hydrogen-bond acceptors (Lipinski definition) is 2. The van der Waals surface area contributed by atoms with Gasteiger partial charge in [-0.05, 0) is 44.7 Å². The molecule has 1 aromatic rings. The third kappa shape index (κ3) is 4.32. The average molecular weight is 260 g/mol. The Morgan fingerprint density at radius 3 is 2.74 bits per heavy atom. The maximum Gasteiger partial charge on any atom is 0.0157 e. The third-order valence-corrected chi connectivity index (χ3v) is 4.31. The molecular weight excluding hydrogens is 232 g/mol. The summed E-state index contributed by atoms with van der Waals surface area (Å²) in [6.07, 6.45) is 2.40. The monoisotopic (exact) mass is 260 g/mol. The highest BCUT2D eigenvalue weighted by molar-refractivity contribution is 5.15. The van der Waals surface area contributed by atoms with Gasteiger partial charge in [0.25, 0.3) is 0 Å². The van der Waals surface area contributed by atoms with E-state index >= 15 is 0 Å². The first-order valence-corrected chi connectivity index (χ1v) is 7.57. The van der Waals surface area contributed by atoms with E-state index in [1.807, 2.05) is 0 Å². The van der Waals surface area contributed by atoms with E-state index in [0.717, 1.165) is 19.0 Å². The maximum atomic E-state index is 3.53. The predicted molar refractivity (Wildman–Crippen MR) is 82.4 cm³/mol. The Hall–Kier alpha value is -0.860. The SMILES string of the molecule is CC1CNCCN(C(C)(C)CCc2ccccc2)C1. The number of aryl methyl sites for hydroxylation is 1. The van der Waals surface area contributed by atoms with Crippen LogP contribution in [0.4, 0.5) is 0 Å². The summed E-state index contributed by atoms with van der Waals surface area (Å²) in [6.45, 7) is 11.8. The van der Waals surface area contributed by atoms with Crippen molar-refractivity contribution in [3.8, 4) is 0 Å². The van der Waals surface area contributed by atoms with Gasteiger partial charge in [-0.15, -0.1) is 0 Å². The van der Waals surface area contributed by atoms with Crippen molar-refractivity contribution in [3.05, 3.63) is 35.9 Å². The van der Waals surface area contributed by atoms with Crippen LogP contribution in [-0.4, -0.2) is 36.6 Å². The van der Waals surface area contributed by atoms with Crippen molar-refractivity contribution < 1.29 is 0 Å². The normalized spacial score (nSPS) is 22.2. The highest BCUT2D eigenvalue weighted by Gasteiger charge is 2.28. The molecule has 1 saturated heterocycles. The first kappa shape index (κ1) is 14.5. The van der Waals surface area contributed by atoms with Gasteiger partial charge in [0, 0.05) is 25.2 Å². The molecule has 0 radical (unpaired) electrons. The second kappa shape index (κ2) is 6.53. The Labute approximate surface area is 118 Å². The summed E-state index contributed by atoms with van der Waals surface area (Å²) in [5.41, 5.74) is 1.74. The molecule has 0 aliphatic carbocycles. The molecule has 1 unspecified atom stereocenters. The second-order valence-corrected chi connectivity index (χ2v) is 6.55. The maximum absolute atomic E-state index is 3.53. The van der Waals surface area contributed by atoms with Crippen molar-refractivity contribution >= 4 is 0 Å². The fourth-order valence-corrected chi connectivity index (χ4v) is 2.90. The van der Waals surface area contributed by atoms with Crippen LogP contribution in [-0.2, 0) is 6.42 Å². The minimum Gasteiger partial charge on any atom is -0.315 e. The Morgan fingerprint density at radius 1 is 1.26 bits per heavy atom. The van der Waals surface area contributed by atoms with Gasteiger partial charge in [0.2, 0.25) is 0 Å². The molecular formula is C17H28N2. The first-order chi connectivity index (χ1) is 9.08. The lowest BCUT2D eigenvalue weighted by Crippen LogP contribution is -2.47. The number of nitrogens with one attached hydrogen (secondary N) is 1. The molecule has 0 saturated carbocycles. The molecule has 0 aromatic heterocycles. The van der Waals surface area contributed by atoms with Crippen LogP contribution in [0.2, 0.25) is 0 Å². The molecule has 2 rings (SSSR count). The number of benzene rings is 1. The smallest absolute Gasteiger partial charge is 0.0157 e. The van der Waals surface area contributed by atoms with Gasteiger partial charge in [-0.2, -0.15) is 0 Å². The van der Waals surface area contributed by atoms with Crippen LogP contribution in [0.25, 0.3) is 0 Å². The summed E-state index contributed by atoms with van der Waals surface area (Å²) >= 11 is 0. The van der Waals surface area contributed by atoms with Gasteiger partial charge in [0.1, 0.15) is 0 Å². The Morgan fingerprint density at radius 2 is 2.00 bits per heavy atom. The largest absolute Gasteiger partial charge is 0.315 e. The molecule has 1 heterocycles. The minimum atomic E-state index is 0.288. The van der Waals surface area contributed by atoms with Crippen LogP contribution in [0.5, 0.6) is 0 Å². The third-order valence-electron chi connectivity index (χ3n) is 4.31. The Bertz CT molecular complexity index is 372. The van der Waals surface area contributed by atoms with E-state index in [1.54, 1.807) is 0 Å². The van der Waals surface area contributed by atoms with Crippen LogP contribution in [0.15, 0.2) is 30.3 Å². The van der Waals surface area contributed by atoms with Crippen molar-refractivity contribution in [3.63, 3.8) is 0 Å². The molecule has 1 N–H and O–H groups in total. The lowest BCUT2D eigenvalue weighted by molar-refractivity contribution is 0.107. The number of nitrogens with zero attached hydrogens (tertiary/aromatic N) is 1. The molecule has 1 atom stereocenters. The van der Waals surface area contributed by atoms with E-state index in [4.69, 9.17) is 0 Å². The van der Waals surface area contributed by atoms with E-state index in [2.05, 4.69) is 61.3 Å². The van der Waals surface area contributed by atoms with Crippen molar-refractivity contribution in [2.45, 2.75) is 39.2 Å². The second-order valence-electron chi connectivity index (χ2n) is 6.55. The lowest BCUT2D eigenvalue weighted by atomic mass is 9.92. The molecule has 2 heteroatoms. The molecule has 106 valence electrons. The summed E-state index contributed by atoms with van der Waals surface area (Å²) in [6, 6.07) is 10.8. The first-order valence-electron chi connectivity index (χ1n) is 7.57. The zero-order valence-electron chi connectivity index (χ0n) is 12.7.